The highest BCUT2D eigenvalue weighted by Crippen LogP contribution is 2.67. The van der Waals surface area contributed by atoms with Crippen molar-refractivity contribution in [3.05, 3.63) is 59.2 Å². The van der Waals surface area contributed by atoms with Crippen LogP contribution in [0.5, 0.6) is 5.75 Å². The molecule has 4 aliphatic rings. The molecule has 7 nitrogen and oxygen atoms in total. The van der Waals surface area contributed by atoms with Gasteiger partial charge in [0.25, 0.3) is 0 Å². The van der Waals surface area contributed by atoms with Crippen molar-refractivity contribution in [3.8, 4) is 5.75 Å². The van der Waals surface area contributed by atoms with Crippen LogP contribution in [0.15, 0.2) is 42.5 Å². The third kappa shape index (κ3) is 4.25. The summed E-state index contributed by atoms with van der Waals surface area (Å²) in [6, 6.07) is 13.8. The van der Waals surface area contributed by atoms with Gasteiger partial charge in [0.2, 0.25) is 0 Å². The second kappa shape index (κ2) is 9.60. The summed E-state index contributed by atoms with van der Waals surface area (Å²) in [5.41, 5.74) is 4.38. The lowest BCUT2D eigenvalue weighted by atomic mass is 9.61. The largest absolute Gasteiger partial charge is 0.497 e. The summed E-state index contributed by atoms with van der Waals surface area (Å²) in [7, 11) is 1.74. The molecule has 0 radical (unpaired) electrons. The van der Waals surface area contributed by atoms with E-state index in [0.717, 1.165) is 24.5 Å². The molecule has 1 saturated heterocycles. The van der Waals surface area contributed by atoms with Crippen molar-refractivity contribution < 1.29 is 19.1 Å². The van der Waals surface area contributed by atoms with Gasteiger partial charge in [-0.05, 0) is 98.4 Å². The standard InChI is InChI=1S/C31H39N3O4/c1-4-38-28(35)22-7-10-24(11-8-22)33-29(36)32-14-13-31-18-30(16-23-9-12-25(37-3)15-26(23)31)19-34(17-21-5-6-21)27(30)20(31)2/h7-12,15,20-21,27H,4-6,13-14,16-19H2,1-3H3,(H2,32,33,36)/t20-,27?,30?,31?/m0/s1. The molecule has 2 N–H and O–H groups in total. The van der Waals surface area contributed by atoms with Gasteiger partial charge in [-0.25, -0.2) is 9.59 Å². The Morgan fingerprint density at radius 1 is 1.13 bits per heavy atom. The third-order valence-electron chi connectivity index (χ3n) is 9.65. The molecule has 2 saturated carbocycles. The number of fused-ring (bicyclic) bond motifs is 3. The summed E-state index contributed by atoms with van der Waals surface area (Å²) in [4.78, 5) is 27.4. The molecule has 0 aromatic heterocycles. The molecule has 3 aliphatic carbocycles. The zero-order valence-corrected chi connectivity index (χ0v) is 22.7. The molecule has 2 aromatic carbocycles. The lowest BCUT2D eigenvalue weighted by molar-refractivity contribution is -0.0692. The van der Waals surface area contributed by atoms with Gasteiger partial charge >= 0.3 is 12.0 Å². The van der Waals surface area contributed by atoms with Crippen LogP contribution in [-0.2, 0) is 16.6 Å². The van der Waals surface area contributed by atoms with E-state index in [1.54, 1.807) is 38.3 Å². The van der Waals surface area contributed by atoms with Crippen LogP contribution in [0.2, 0.25) is 0 Å². The molecule has 1 aliphatic heterocycles. The Bertz CT molecular complexity index is 1230. The van der Waals surface area contributed by atoms with Crippen LogP contribution in [0.3, 0.4) is 0 Å². The zero-order valence-electron chi connectivity index (χ0n) is 22.7. The van der Waals surface area contributed by atoms with Crippen molar-refractivity contribution in [1.29, 1.82) is 0 Å². The first kappa shape index (κ1) is 25.2. The van der Waals surface area contributed by atoms with E-state index >= 15 is 0 Å². The highest BCUT2D eigenvalue weighted by molar-refractivity contribution is 5.92. The van der Waals surface area contributed by atoms with Crippen LogP contribution in [0.4, 0.5) is 10.5 Å². The van der Waals surface area contributed by atoms with Crippen LogP contribution in [0.1, 0.15) is 61.0 Å². The summed E-state index contributed by atoms with van der Waals surface area (Å²) >= 11 is 0. The maximum Gasteiger partial charge on any atom is 0.338 e. The van der Waals surface area contributed by atoms with Gasteiger partial charge in [0.15, 0.2) is 0 Å². The highest BCUT2D eigenvalue weighted by Gasteiger charge is 2.69. The van der Waals surface area contributed by atoms with E-state index in [2.05, 4.69) is 40.7 Å². The van der Waals surface area contributed by atoms with Crippen LogP contribution >= 0.6 is 0 Å². The van der Waals surface area contributed by atoms with Crippen LogP contribution in [0.25, 0.3) is 0 Å². The van der Waals surface area contributed by atoms with Gasteiger partial charge in [-0.15, -0.1) is 0 Å². The number of carbonyl (C=O) groups excluding carboxylic acids is 2. The smallest absolute Gasteiger partial charge is 0.338 e. The van der Waals surface area contributed by atoms with Crippen molar-refractivity contribution >= 4 is 17.7 Å². The van der Waals surface area contributed by atoms with Crippen LogP contribution in [0, 0.1) is 17.3 Å². The zero-order chi connectivity index (χ0) is 26.5. The number of nitrogens with one attached hydrogen (secondary N) is 2. The molecule has 2 amide bonds. The van der Waals surface area contributed by atoms with Crippen molar-refractivity contribution in [2.24, 2.45) is 17.3 Å². The number of esters is 1. The van der Waals surface area contributed by atoms with Gasteiger partial charge in [0.1, 0.15) is 5.75 Å². The molecule has 6 rings (SSSR count). The predicted molar refractivity (Wildman–Crippen MR) is 147 cm³/mol. The molecule has 7 heteroatoms. The third-order valence-corrected chi connectivity index (χ3v) is 9.65. The average molecular weight is 518 g/mol. The van der Waals surface area contributed by atoms with Crippen LogP contribution < -0.4 is 15.4 Å². The van der Waals surface area contributed by atoms with Crippen molar-refractivity contribution in [1.82, 2.24) is 10.2 Å². The number of hydrogen-bond acceptors (Lipinski definition) is 5. The molecular weight excluding hydrogens is 478 g/mol. The van der Waals surface area contributed by atoms with Gasteiger partial charge in [-0.2, -0.15) is 0 Å². The number of nitrogens with zero attached hydrogens (tertiary/aromatic N) is 1. The fourth-order valence-corrected chi connectivity index (χ4v) is 7.95. The van der Waals surface area contributed by atoms with E-state index in [1.165, 1.54) is 43.5 Å². The first-order chi connectivity index (χ1) is 18.4. The quantitative estimate of drug-likeness (QED) is 0.458. The SMILES string of the molecule is CCOC(=O)c1ccc(NC(=O)NCCC23CC4(Cc5ccc(OC)cc52)CN(CC2CC2)C4[C@@H]3C)cc1. The summed E-state index contributed by atoms with van der Waals surface area (Å²) in [5, 5.41) is 6.01. The van der Waals surface area contributed by atoms with Crippen LogP contribution in [-0.4, -0.2) is 56.3 Å². The molecular formula is C31H39N3O4. The number of carbonyl (C=O) groups is 2. The fraction of sp³-hybridized carbons (Fsp3) is 0.548. The number of likely N-dealkylation sites (tertiary alicyclic amines) is 1. The summed E-state index contributed by atoms with van der Waals surface area (Å²) < 4.78 is 10.7. The molecule has 3 fully saturated rings. The molecule has 3 unspecified atom stereocenters. The lowest BCUT2D eigenvalue weighted by Crippen LogP contribution is -2.64. The van der Waals surface area contributed by atoms with E-state index in [0.29, 0.717) is 41.8 Å². The lowest BCUT2D eigenvalue weighted by Gasteiger charge is -2.56. The normalized spacial score (nSPS) is 29.0. The average Bonchev–Trinajstić information content (AvgIpc) is 3.70. The van der Waals surface area contributed by atoms with E-state index in [4.69, 9.17) is 9.47 Å². The van der Waals surface area contributed by atoms with Crippen molar-refractivity contribution in [3.63, 3.8) is 0 Å². The van der Waals surface area contributed by atoms with E-state index in [-0.39, 0.29) is 17.4 Å². The first-order valence-electron chi connectivity index (χ1n) is 14.1. The number of urea groups is 1. The van der Waals surface area contributed by atoms with E-state index in [1.807, 2.05) is 0 Å². The highest BCUT2D eigenvalue weighted by atomic mass is 16.5. The first-order valence-corrected chi connectivity index (χ1v) is 14.1. The predicted octanol–water partition coefficient (Wildman–Crippen LogP) is 5.00. The summed E-state index contributed by atoms with van der Waals surface area (Å²) in [6.45, 7) is 7.62. The number of hydrogen-bond donors (Lipinski definition) is 2. The van der Waals surface area contributed by atoms with Gasteiger partial charge in [0, 0.05) is 42.2 Å². The Balaban J connectivity index is 1.15. The van der Waals surface area contributed by atoms with Crippen molar-refractivity contribution in [2.75, 3.05) is 38.7 Å². The Labute approximate surface area is 225 Å². The van der Waals surface area contributed by atoms with Gasteiger partial charge < -0.3 is 20.1 Å². The van der Waals surface area contributed by atoms with Gasteiger partial charge in [-0.3, -0.25) is 4.90 Å². The Morgan fingerprint density at radius 2 is 1.92 bits per heavy atom. The Kier molecular flexibility index (Phi) is 6.37. The number of benzene rings is 2. The van der Waals surface area contributed by atoms with E-state index < -0.39 is 0 Å². The minimum atomic E-state index is -0.361. The number of amides is 2. The second-order valence-corrected chi connectivity index (χ2v) is 11.9. The number of anilines is 1. The second-order valence-electron chi connectivity index (χ2n) is 11.9. The molecule has 2 aromatic rings. The fourth-order valence-electron chi connectivity index (χ4n) is 7.95. The minimum Gasteiger partial charge on any atom is -0.497 e. The Hall–Kier alpha value is -3.06. The molecule has 202 valence electrons. The molecule has 1 spiro atoms. The molecule has 4 atom stereocenters. The minimum absolute atomic E-state index is 0.0274. The van der Waals surface area contributed by atoms with Gasteiger partial charge in [0.05, 0.1) is 19.3 Å². The molecule has 1 heterocycles. The number of ether oxygens (including phenoxy) is 2. The van der Waals surface area contributed by atoms with Crippen molar-refractivity contribution in [2.45, 2.75) is 57.4 Å². The number of methoxy groups -OCH3 is 1. The number of rotatable bonds is 9. The maximum absolute atomic E-state index is 12.8. The molecule has 2 bridgehead atoms. The van der Waals surface area contributed by atoms with Gasteiger partial charge in [-0.1, -0.05) is 13.0 Å². The summed E-state index contributed by atoms with van der Waals surface area (Å²) in [6.07, 6.45) is 6.01. The summed E-state index contributed by atoms with van der Waals surface area (Å²) in [5.74, 6) is 1.97. The Morgan fingerprint density at radius 3 is 2.63 bits per heavy atom. The topological polar surface area (TPSA) is 79.9 Å². The molecule has 38 heavy (non-hydrogen) atoms. The van der Waals surface area contributed by atoms with E-state index in [9.17, 15) is 9.59 Å². The monoisotopic (exact) mass is 517 g/mol. The maximum atomic E-state index is 12.8.